The maximum Gasteiger partial charge on any atom is 0.331 e. The van der Waals surface area contributed by atoms with E-state index in [2.05, 4.69) is 0 Å². The van der Waals surface area contributed by atoms with Crippen LogP contribution in [0.2, 0.25) is 0 Å². The van der Waals surface area contributed by atoms with E-state index in [0.717, 1.165) is 26.7 Å². The summed E-state index contributed by atoms with van der Waals surface area (Å²) in [6.45, 7) is 5.47. The first-order chi connectivity index (χ1) is 19.8. The largest absolute Gasteiger partial charge is 0.457 e. The molecule has 0 radical (unpaired) electrons. The fourth-order valence-electron chi connectivity index (χ4n) is 4.82. The Morgan fingerprint density at radius 2 is 1.10 bits per heavy atom. The van der Waals surface area contributed by atoms with Crippen LogP contribution in [0.1, 0.15) is 36.7 Å². The van der Waals surface area contributed by atoms with E-state index in [9.17, 15) is 9.59 Å². The lowest BCUT2D eigenvalue weighted by atomic mass is 10.00. The van der Waals surface area contributed by atoms with Gasteiger partial charge in [-0.05, 0) is 55.3 Å². The van der Waals surface area contributed by atoms with Crippen LogP contribution in [0.25, 0.3) is 16.8 Å². The molecule has 0 saturated carbocycles. The first kappa shape index (κ1) is 28.0. The second kappa shape index (κ2) is 11.9. The van der Waals surface area contributed by atoms with Crippen LogP contribution in [0, 0.1) is 0 Å². The molecule has 0 unspecified atom stereocenters. The first-order valence-electron chi connectivity index (χ1n) is 13.5. The zero-order chi connectivity index (χ0) is 28.9. The molecule has 5 rings (SSSR count). The lowest BCUT2D eigenvalue weighted by Crippen LogP contribution is -2.26. The topological polar surface area (TPSA) is 55.7 Å². The molecule has 0 bridgehead atoms. The first-order valence-corrected chi connectivity index (χ1v) is 15.3. The Bertz CT molecular complexity index is 1670. The molecule has 204 valence electrons. The van der Waals surface area contributed by atoms with Gasteiger partial charge < -0.3 is 4.74 Å². The Labute approximate surface area is 241 Å². The van der Waals surface area contributed by atoms with Gasteiger partial charge in [-0.15, -0.1) is 0 Å². The van der Waals surface area contributed by atoms with Gasteiger partial charge in [0.15, 0.2) is 0 Å². The number of benzene rings is 5. The van der Waals surface area contributed by atoms with Crippen LogP contribution in [-0.2, 0) is 9.53 Å². The van der Waals surface area contributed by atoms with Gasteiger partial charge >= 0.3 is 5.97 Å². The summed E-state index contributed by atoms with van der Waals surface area (Å²) in [6.07, 6.45) is 3.02. The summed E-state index contributed by atoms with van der Waals surface area (Å²) >= 11 is 0. The van der Waals surface area contributed by atoms with Crippen molar-refractivity contribution in [2.24, 2.45) is 4.74 Å². The zero-order valence-corrected chi connectivity index (χ0v) is 24.3. The molecular weight excluding hydrogens is 525 g/mol. The third-order valence-electron chi connectivity index (χ3n) is 6.58. The standard InChI is InChI=1S/C36H32NO3P/c1-36(2,3)40-34(38)24-23-29-25-27-15-13-14-16-28(27)26-33(29)35(39)37-41(30-17-7-4-8-18-30,31-19-9-5-10-20-31)32-21-11-6-12-22-32/h4-26H,1-3H3/b24-23+. The predicted octanol–water partition coefficient (Wildman–Crippen LogP) is 7.51. The zero-order valence-electron chi connectivity index (χ0n) is 23.4. The summed E-state index contributed by atoms with van der Waals surface area (Å²) in [6, 6.07) is 41.8. The second-order valence-corrected chi connectivity index (χ2v) is 13.7. The lowest BCUT2D eigenvalue weighted by molar-refractivity contribution is -0.148. The van der Waals surface area contributed by atoms with Crippen molar-refractivity contribution in [2.75, 3.05) is 0 Å². The van der Waals surface area contributed by atoms with Gasteiger partial charge in [0, 0.05) is 27.6 Å². The fourth-order valence-corrected chi connectivity index (χ4v) is 8.25. The van der Waals surface area contributed by atoms with E-state index >= 15 is 0 Å². The summed E-state index contributed by atoms with van der Waals surface area (Å²) in [5.74, 6) is -0.815. The highest BCUT2D eigenvalue weighted by Gasteiger charge is 2.29. The number of hydrogen-bond donors (Lipinski definition) is 0. The van der Waals surface area contributed by atoms with Gasteiger partial charge in [-0.25, -0.2) is 9.54 Å². The van der Waals surface area contributed by atoms with E-state index in [1.807, 2.05) is 148 Å². The highest BCUT2D eigenvalue weighted by molar-refractivity contribution is 7.87. The van der Waals surface area contributed by atoms with Crippen molar-refractivity contribution in [3.05, 3.63) is 145 Å². The predicted molar refractivity (Wildman–Crippen MR) is 171 cm³/mol. The van der Waals surface area contributed by atoms with Crippen molar-refractivity contribution in [1.82, 2.24) is 0 Å². The van der Waals surface area contributed by atoms with Crippen molar-refractivity contribution in [3.8, 4) is 0 Å². The minimum Gasteiger partial charge on any atom is -0.457 e. The maximum absolute atomic E-state index is 14.4. The van der Waals surface area contributed by atoms with Gasteiger partial charge in [-0.1, -0.05) is 115 Å². The Morgan fingerprint density at radius 1 is 0.659 bits per heavy atom. The number of carbonyl (C=O) groups is 2. The van der Waals surface area contributed by atoms with E-state index in [-0.39, 0.29) is 5.91 Å². The molecule has 0 aliphatic heterocycles. The second-order valence-electron chi connectivity index (χ2n) is 10.7. The maximum atomic E-state index is 14.4. The molecular formula is C36H32NO3P. The van der Waals surface area contributed by atoms with Crippen molar-refractivity contribution in [1.29, 1.82) is 0 Å². The van der Waals surface area contributed by atoms with Crippen LogP contribution in [0.3, 0.4) is 0 Å². The Balaban J connectivity index is 1.76. The van der Waals surface area contributed by atoms with Crippen LogP contribution in [0.5, 0.6) is 0 Å². The Morgan fingerprint density at radius 3 is 1.56 bits per heavy atom. The molecule has 0 N–H and O–H groups in total. The summed E-state index contributed by atoms with van der Waals surface area (Å²) in [4.78, 5) is 27.0. The number of rotatable bonds is 6. The molecule has 5 aromatic carbocycles. The summed E-state index contributed by atoms with van der Waals surface area (Å²) in [5.41, 5.74) is 0.412. The summed E-state index contributed by atoms with van der Waals surface area (Å²) < 4.78 is 10.6. The van der Waals surface area contributed by atoms with Crippen LogP contribution in [-0.4, -0.2) is 17.5 Å². The molecule has 0 spiro atoms. The molecule has 5 aromatic rings. The normalized spacial score (nSPS) is 11.9. The third kappa shape index (κ3) is 6.29. The van der Waals surface area contributed by atoms with Crippen molar-refractivity contribution in [3.63, 3.8) is 0 Å². The molecule has 0 fully saturated rings. The average molecular weight is 558 g/mol. The molecule has 4 nitrogen and oxygen atoms in total. The molecule has 0 heterocycles. The molecule has 5 heteroatoms. The van der Waals surface area contributed by atoms with E-state index in [1.54, 1.807) is 6.08 Å². The molecule has 41 heavy (non-hydrogen) atoms. The van der Waals surface area contributed by atoms with Crippen molar-refractivity contribution >= 4 is 51.7 Å². The lowest BCUT2D eigenvalue weighted by Gasteiger charge is -2.26. The van der Waals surface area contributed by atoms with Crippen molar-refractivity contribution < 1.29 is 14.3 Å². The van der Waals surface area contributed by atoms with Crippen LogP contribution in [0.15, 0.2) is 138 Å². The molecule has 0 aromatic heterocycles. The fraction of sp³-hybridized carbons (Fsp3) is 0.111. The van der Waals surface area contributed by atoms with E-state index in [4.69, 9.17) is 9.48 Å². The van der Waals surface area contributed by atoms with Crippen LogP contribution >= 0.6 is 7.05 Å². The number of hydrogen-bond acceptors (Lipinski definition) is 3. The molecule has 0 saturated heterocycles. The highest BCUT2D eigenvalue weighted by atomic mass is 31.2. The van der Waals surface area contributed by atoms with Crippen LogP contribution in [0.4, 0.5) is 0 Å². The monoisotopic (exact) mass is 557 g/mol. The summed E-state index contributed by atoms with van der Waals surface area (Å²) in [5, 5.41) is 4.83. The number of carbonyl (C=O) groups excluding carboxylic acids is 2. The van der Waals surface area contributed by atoms with Gasteiger partial charge in [-0.3, -0.25) is 4.79 Å². The number of fused-ring (bicyclic) bond motifs is 1. The van der Waals surface area contributed by atoms with Gasteiger partial charge in [0.05, 0.1) is 7.05 Å². The summed E-state index contributed by atoms with van der Waals surface area (Å²) in [7, 11) is -2.76. The van der Waals surface area contributed by atoms with Gasteiger partial charge in [0.1, 0.15) is 5.60 Å². The van der Waals surface area contributed by atoms with Gasteiger partial charge in [0.25, 0.3) is 5.91 Å². The Kier molecular flexibility index (Phi) is 8.14. The molecule has 1 amide bonds. The smallest absolute Gasteiger partial charge is 0.331 e. The van der Waals surface area contributed by atoms with E-state index in [0.29, 0.717) is 11.1 Å². The van der Waals surface area contributed by atoms with Crippen molar-refractivity contribution in [2.45, 2.75) is 26.4 Å². The molecule has 0 aliphatic carbocycles. The quantitative estimate of drug-likeness (QED) is 0.123. The number of ether oxygens (including phenoxy) is 1. The number of esters is 1. The van der Waals surface area contributed by atoms with E-state index < -0.39 is 18.6 Å². The Hall–Kier alpha value is -4.53. The molecule has 0 aliphatic rings. The minimum atomic E-state index is -2.76. The molecule has 0 atom stereocenters. The van der Waals surface area contributed by atoms with E-state index in [1.165, 1.54) is 6.08 Å². The minimum absolute atomic E-state index is 0.343. The third-order valence-corrected chi connectivity index (χ3v) is 10.2. The number of nitrogens with zero attached hydrogens (tertiary/aromatic N) is 1. The van der Waals surface area contributed by atoms with Crippen LogP contribution < -0.4 is 15.9 Å². The SMILES string of the molecule is CC(C)(C)OC(=O)/C=C/c1cc2ccccc2cc1C(=O)N=P(c1ccccc1)(c1ccccc1)c1ccccc1. The van der Waals surface area contributed by atoms with Gasteiger partial charge in [-0.2, -0.15) is 0 Å². The van der Waals surface area contributed by atoms with Gasteiger partial charge in [0.2, 0.25) is 0 Å². The number of amides is 1. The average Bonchev–Trinajstić information content (AvgIpc) is 2.98. The highest BCUT2D eigenvalue weighted by Crippen LogP contribution is 2.47.